The van der Waals surface area contributed by atoms with E-state index in [0.29, 0.717) is 64.2 Å². The van der Waals surface area contributed by atoms with Gasteiger partial charge in [0, 0.05) is 25.9 Å². The Balaban J connectivity index is 1.79. The fourth-order valence-corrected chi connectivity index (χ4v) is 5.09. The highest BCUT2D eigenvalue weighted by atomic mass is 31.1. The highest BCUT2D eigenvalue weighted by Gasteiger charge is 2.37. The number of carbonyl (C=O) groups is 3. The topological polar surface area (TPSA) is 142 Å². The minimum Gasteiger partial charge on any atom is -0.480 e. The van der Waals surface area contributed by atoms with Crippen LogP contribution in [0.2, 0.25) is 0 Å². The molecule has 0 saturated carbocycles. The molecule has 0 spiro atoms. The van der Waals surface area contributed by atoms with Gasteiger partial charge in [-0.25, -0.2) is 9.59 Å². The van der Waals surface area contributed by atoms with Gasteiger partial charge in [-0.2, -0.15) is 0 Å². The molecule has 1 heterocycles. The van der Waals surface area contributed by atoms with Crippen molar-refractivity contribution in [3.8, 4) is 0 Å². The molecule has 35 heavy (non-hydrogen) atoms. The number of carbonyl (C=O) groups excluding carboxylic acids is 2. The van der Waals surface area contributed by atoms with E-state index in [4.69, 9.17) is 14.4 Å². The number of carboxylic acid groups (broad SMARTS) is 1. The summed E-state index contributed by atoms with van der Waals surface area (Å²) < 4.78 is 23.3. The van der Waals surface area contributed by atoms with Crippen LogP contribution in [0.4, 0.5) is 4.79 Å². The fraction of sp³-hybridized carbons (Fsp3) is 0.625. The van der Waals surface area contributed by atoms with Crippen molar-refractivity contribution in [3.63, 3.8) is 0 Å². The number of nitrogens with one attached hydrogen (secondary N) is 1. The third kappa shape index (κ3) is 10.8. The van der Waals surface area contributed by atoms with Crippen molar-refractivity contribution < 1.29 is 38.4 Å². The molecule has 1 aromatic carbocycles. The first-order valence-electron chi connectivity index (χ1n) is 12.2. The predicted octanol–water partition coefficient (Wildman–Crippen LogP) is 3.18. The molecule has 1 aromatic rings. The maximum Gasteiger partial charge on any atom is 0.407 e. The Labute approximate surface area is 206 Å². The summed E-state index contributed by atoms with van der Waals surface area (Å²) in [6.07, 6.45) is 3.07. The van der Waals surface area contributed by atoms with E-state index in [1.54, 1.807) is 0 Å². The Morgan fingerprint density at radius 3 is 2.60 bits per heavy atom. The zero-order valence-electron chi connectivity index (χ0n) is 20.0. The van der Waals surface area contributed by atoms with Gasteiger partial charge < -0.3 is 29.7 Å². The molecular weight excluding hydrogens is 475 g/mol. The van der Waals surface area contributed by atoms with Crippen LogP contribution in [0, 0.1) is 0 Å². The SMILES string of the molecule is O=C(NCCCC[C@H](O[PH](=O)CCCCCO)C(=O)N1CCC[C@H]1C(=O)O)OCc1ccccc1. The van der Waals surface area contributed by atoms with Crippen LogP contribution in [-0.4, -0.2) is 71.1 Å². The molecule has 0 bridgehead atoms. The molecule has 1 unspecified atom stereocenters. The van der Waals surface area contributed by atoms with Crippen LogP contribution in [-0.2, 0) is 30.0 Å². The van der Waals surface area contributed by atoms with Crippen molar-refractivity contribution >= 4 is 26.0 Å². The van der Waals surface area contributed by atoms with Crippen molar-refractivity contribution in [3.05, 3.63) is 35.9 Å². The molecule has 11 heteroatoms. The molecule has 2 amide bonds. The second-order valence-corrected chi connectivity index (χ2v) is 10.0. The first-order chi connectivity index (χ1) is 16.9. The smallest absolute Gasteiger partial charge is 0.407 e. The standard InChI is InChI=1S/C24H37N2O8P/c27-16-7-2-8-17-35(32)34-21(22(28)26-15-9-12-20(26)23(29)30)13-5-6-14-25-24(31)33-18-19-10-3-1-4-11-19/h1,3-4,10-11,20-21,27,35H,2,5-9,12-18H2,(H,25,31)(H,29,30)/t20-,21-/m0/s1. The van der Waals surface area contributed by atoms with Crippen molar-refractivity contribution in [1.29, 1.82) is 0 Å². The molecule has 1 aliphatic heterocycles. The molecule has 1 saturated heterocycles. The second-order valence-electron chi connectivity index (χ2n) is 8.52. The molecule has 3 N–H and O–H groups in total. The minimum atomic E-state index is -2.48. The fourth-order valence-electron chi connectivity index (χ4n) is 3.90. The number of alkyl carbamates (subject to hydrolysis) is 1. The number of ether oxygens (including phenoxy) is 1. The number of carboxylic acids is 1. The number of aliphatic carboxylic acids is 1. The van der Waals surface area contributed by atoms with Crippen molar-refractivity contribution in [2.45, 2.75) is 70.1 Å². The van der Waals surface area contributed by atoms with Crippen LogP contribution < -0.4 is 5.32 Å². The van der Waals surface area contributed by atoms with E-state index in [1.165, 1.54) is 4.90 Å². The van der Waals surface area contributed by atoms with Gasteiger partial charge in [-0.1, -0.05) is 36.8 Å². The van der Waals surface area contributed by atoms with Gasteiger partial charge in [-0.3, -0.25) is 9.36 Å². The monoisotopic (exact) mass is 512 g/mol. The first-order valence-corrected chi connectivity index (χ1v) is 13.7. The van der Waals surface area contributed by atoms with Crippen molar-refractivity contribution in [2.75, 3.05) is 25.9 Å². The Bertz CT molecular complexity index is 823. The van der Waals surface area contributed by atoms with Gasteiger partial charge >= 0.3 is 12.1 Å². The first kappa shape index (κ1) is 28.8. The molecule has 0 aliphatic carbocycles. The number of rotatable bonds is 16. The lowest BCUT2D eigenvalue weighted by molar-refractivity contribution is -0.151. The minimum absolute atomic E-state index is 0.0717. The zero-order chi connectivity index (χ0) is 25.5. The van der Waals surface area contributed by atoms with Crippen LogP contribution in [0.5, 0.6) is 0 Å². The molecule has 0 aromatic heterocycles. The van der Waals surface area contributed by atoms with E-state index in [9.17, 15) is 24.1 Å². The largest absolute Gasteiger partial charge is 0.480 e. The number of aliphatic hydroxyl groups excluding tert-OH is 1. The van der Waals surface area contributed by atoms with Gasteiger partial charge in [-0.15, -0.1) is 0 Å². The number of nitrogens with zero attached hydrogens (tertiary/aromatic N) is 1. The summed E-state index contributed by atoms with van der Waals surface area (Å²) >= 11 is 0. The van der Waals surface area contributed by atoms with Crippen molar-refractivity contribution in [2.24, 2.45) is 0 Å². The lowest BCUT2D eigenvalue weighted by Gasteiger charge is -2.26. The molecule has 3 atom stereocenters. The van der Waals surface area contributed by atoms with Crippen LogP contribution >= 0.6 is 8.03 Å². The van der Waals surface area contributed by atoms with E-state index >= 15 is 0 Å². The van der Waals surface area contributed by atoms with E-state index in [0.717, 1.165) is 5.56 Å². The Morgan fingerprint density at radius 1 is 1.11 bits per heavy atom. The average molecular weight is 513 g/mol. The highest BCUT2D eigenvalue weighted by molar-refractivity contribution is 7.39. The normalized spacial score (nSPS) is 17.1. The summed E-state index contributed by atoms with van der Waals surface area (Å²) in [4.78, 5) is 37.7. The number of amides is 2. The number of unbranched alkanes of at least 4 members (excludes halogenated alkanes) is 3. The third-order valence-electron chi connectivity index (χ3n) is 5.78. The van der Waals surface area contributed by atoms with Gasteiger partial charge in [-0.05, 0) is 50.5 Å². The maximum absolute atomic E-state index is 13.1. The molecule has 1 aliphatic rings. The lowest BCUT2D eigenvalue weighted by atomic mass is 10.1. The Hall–Kier alpha value is -2.42. The van der Waals surface area contributed by atoms with Gasteiger partial charge in [0.25, 0.3) is 5.91 Å². The highest BCUT2D eigenvalue weighted by Crippen LogP contribution is 2.30. The number of hydrogen-bond acceptors (Lipinski definition) is 7. The third-order valence-corrected chi connectivity index (χ3v) is 7.09. The van der Waals surface area contributed by atoms with Gasteiger partial charge in [0.2, 0.25) is 0 Å². The lowest BCUT2D eigenvalue weighted by Crippen LogP contribution is -2.45. The van der Waals surface area contributed by atoms with Gasteiger partial charge in [0.05, 0.1) is 0 Å². The predicted molar refractivity (Wildman–Crippen MR) is 131 cm³/mol. The van der Waals surface area contributed by atoms with Crippen LogP contribution in [0.3, 0.4) is 0 Å². The molecule has 0 radical (unpaired) electrons. The molecular formula is C24H37N2O8P. The summed E-state index contributed by atoms with van der Waals surface area (Å²) in [7, 11) is -2.48. The van der Waals surface area contributed by atoms with E-state index < -0.39 is 38.1 Å². The second kappa shape index (κ2) is 16.3. The van der Waals surface area contributed by atoms with E-state index in [2.05, 4.69) is 5.32 Å². The summed E-state index contributed by atoms with van der Waals surface area (Å²) in [6.45, 7) is 0.917. The van der Waals surface area contributed by atoms with Gasteiger partial charge in [0.1, 0.15) is 18.8 Å². The Kier molecular flexibility index (Phi) is 13.4. The Morgan fingerprint density at radius 2 is 1.89 bits per heavy atom. The van der Waals surface area contributed by atoms with Crippen LogP contribution in [0.15, 0.2) is 30.3 Å². The van der Waals surface area contributed by atoms with Crippen molar-refractivity contribution in [1.82, 2.24) is 10.2 Å². The number of aliphatic hydroxyl groups is 1. The quantitative estimate of drug-likeness (QED) is 0.226. The zero-order valence-corrected chi connectivity index (χ0v) is 21.0. The summed E-state index contributed by atoms with van der Waals surface area (Å²) in [6, 6.07) is 8.43. The molecule has 10 nitrogen and oxygen atoms in total. The summed E-state index contributed by atoms with van der Waals surface area (Å²) in [5.74, 6) is -1.50. The maximum atomic E-state index is 13.1. The van der Waals surface area contributed by atoms with Crippen LogP contribution in [0.25, 0.3) is 0 Å². The van der Waals surface area contributed by atoms with E-state index in [1.807, 2.05) is 30.3 Å². The summed E-state index contributed by atoms with van der Waals surface area (Å²) in [5.41, 5.74) is 0.884. The summed E-state index contributed by atoms with van der Waals surface area (Å²) in [5, 5.41) is 20.9. The molecule has 1 fully saturated rings. The number of likely N-dealkylation sites (tertiary alicyclic amines) is 1. The average Bonchev–Trinajstić information content (AvgIpc) is 3.35. The van der Waals surface area contributed by atoms with E-state index in [-0.39, 0.29) is 19.6 Å². The molecule has 2 rings (SSSR count). The van der Waals surface area contributed by atoms with Crippen LogP contribution in [0.1, 0.15) is 56.9 Å². The number of hydrogen-bond donors (Lipinski definition) is 3. The number of benzene rings is 1. The van der Waals surface area contributed by atoms with Gasteiger partial charge in [0.15, 0.2) is 8.03 Å². The molecule has 196 valence electrons.